The SMILES string of the molecule is CCOC1CC(C)NN1.[Zn]. The van der Waals surface area contributed by atoms with Crippen molar-refractivity contribution in [2.24, 2.45) is 0 Å². The van der Waals surface area contributed by atoms with Gasteiger partial charge >= 0.3 is 0 Å². The van der Waals surface area contributed by atoms with Crippen molar-refractivity contribution in [3.05, 3.63) is 0 Å². The molecule has 1 heterocycles. The van der Waals surface area contributed by atoms with Gasteiger partial charge in [-0.25, -0.2) is 5.43 Å². The zero-order valence-corrected chi connectivity index (χ0v) is 9.65. The Bertz CT molecular complexity index is 89.8. The summed E-state index contributed by atoms with van der Waals surface area (Å²) in [5.74, 6) is 0. The quantitative estimate of drug-likeness (QED) is 0.619. The first-order valence-electron chi connectivity index (χ1n) is 3.45. The molecule has 2 atom stereocenters. The van der Waals surface area contributed by atoms with Gasteiger partial charge in [0.2, 0.25) is 0 Å². The summed E-state index contributed by atoms with van der Waals surface area (Å²) in [6.07, 6.45) is 1.29. The average Bonchev–Trinajstić information content (AvgIpc) is 2.17. The number of rotatable bonds is 2. The Morgan fingerprint density at radius 1 is 1.50 bits per heavy atom. The van der Waals surface area contributed by atoms with Crippen molar-refractivity contribution < 1.29 is 24.2 Å². The molecule has 0 aliphatic carbocycles. The van der Waals surface area contributed by atoms with Gasteiger partial charge in [-0.15, -0.1) is 0 Å². The maximum atomic E-state index is 5.30. The maximum absolute atomic E-state index is 5.30. The molecule has 0 amide bonds. The van der Waals surface area contributed by atoms with Crippen LogP contribution >= 0.6 is 0 Å². The number of hydrazine groups is 1. The van der Waals surface area contributed by atoms with Gasteiger partial charge in [0.15, 0.2) is 0 Å². The Morgan fingerprint density at radius 3 is 2.60 bits per heavy atom. The molecule has 0 spiro atoms. The molecule has 56 valence electrons. The number of ether oxygens (including phenoxy) is 1. The molecule has 1 rings (SSSR count). The van der Waals surface area contributed by atoms with Crippen LogP contribution in [0.2, 0.25) is 0 Å². The van der Waals surface area contributed by atoms with Crippen LogP contribution in [-0.4, -0.2) is 18.9 Å². The van der Waals surface area contributed by atoms with Gasteiger partial charge in [0.05, 0.1) is 0 Å². The van der Waals surface area contributed by atoms with E-state index in [1.807, 2.05) is 6.92 Å². The second-order valence-corrected chi connectivity index (χ2v) is 2.37. The van der Waals surface area contributed by atoms with Crippen molar-refractivity contribution in [3.8, 4) is 0 Å². The fraction of sp³-hybridized carbons (Fsp3) is 1.00. The van der Waals surface area contributed by atoms with E-state index < -0.39 is 0 Å². The molecule has 0 radical (unpaired) electrons. The van der Waals surface area contributed by atoms with Crippen molar-refractivity contribution in [1.29, 1.82) is 0 Å². The van der Waals surface area contributed by atoms with Crippen molar-refractivity contribution >= 4 is 0 Å². The van der Waals surface area contributed by atoms with Crippen molar-refractivity contribution in [2.75, 3.05) is 6.61 Å². The summed E-state index contributed by atoms with van der Waals surface area (Å²) in [6.45, 7) is 4.92. The smallest absolute Gasteiger partial charge is 0.121 e. The summed E-state index contributed by atoms with van der Waals surface area (Å²) < 4.78 is 5.30. The zero-order valence-electron chi connectivity index (χ0n) is 6.68. The summed E-state index contributed by atoms with van der Waals surface area (Å²) in [7, 11) is 0. The summed E-state index contributed by atoms with van der Waals surface area (Å²) in [5, 5.41) is 0. The summed E-state index contributed by atoms with van der Waals surface area (Å²) in [5.41, 5.74) is 6.11. The van der Waals surface area contributed by atoms with Crippen LogP contribution in [0.15, 0.2) is 0 Å². The molecule has 0 aromatic rings. The Hall–Kier alpha value is 0.503. The molecule has 10 heavy (non-hydrogen) atoms. The van der Waals surface area contributed by atoms with Crippen LogP contribution in [0.25, 0.3) is 0 Å². The Labute approximate surface area is 74.6 Å². The van der Waals surface area contributed by atoms with Gasteiger partial charge in [0.25, 0.3) is 0 Å². The number of hydrogen-bond acceptors (Lipinski definition) is 3. The van der Waals surface area contributed by atoms with Gasteiger partial charge in [-0.05, 0) is 13.8 Å². The van der Waals surface area contributed by atoms with Crippen molar-refractivity contribution in [1.82, 2.24) is 10.9 Å². The molecule has 2 N–H and O–H groups in total. The normalized spacial score (nSPS) is 31.8. The molecule has 1 fully saturated rings. The Kier molecular flexibility index (Phi) is 5.45. The first-order chi connectivity index (χ1) is 4.33. The molecule has 1 saturated heterocycles. The molecule has 0 aromatic heterocycles. The van der Waals surface area contributed by atoms with E-state index in [0.29, 0.717) is 6.04 Å². The second kappa shape index (κ2) is 5.19. The first-order valence-corrected chi connectivity index (χ1v) is 3.45. The van der Waals surface area contributed by atoms with Gasteiger partial charge < -0.3 is 4.74 Å². The van der Waals surface area contributed by atoms with Gasteiger partial charge in [-0.2, -0.15) is 0 Å². The van der Waals surface area contributed by atoms with E-state index in [2.05, 4.69) is 17.8 Å². The molecule has 3 nitrogen and oxygen atoms in total. The molecule has 4 heteroatoms. The third-order valence-corrected chi connectivity index (χ3v) is 1.43. The van der Waals surface area contributed by atoms with Crippen LogP contribution in [0.1, 0.15) is 20.3 Å². The van der Waals surface area contributed by atoms with Crippen molar-refractivity contribution in [3.63, 3.8) is 0 Å². The molecule has 2 unspecified atom stereocenters. The maximum Gasteiger partial charge on any atom is 0.121 e. The van der Waals surface area contributed by atoms with Crippen LogP contribution in [0.4, 0.5) is 0 Å². The number of hydrogen-bond donors (Lipinski definition) is 2. The second-order valence-electron chi connectivity index (χ2n) is 2.37. The Morgan fingerprint density at radius 2 is 2.20 bits per heavy atom. The molecule has 0 aromatic carbocycles. The van der Waals surface area contributed by atoms with E-state index in [1.54, 1.807) is 0 Å². The summed E-state index contributed by atoms with van der Waals surface area (Å²) >= 11 is 0. The topological polar surface area (TPSA) is 33.3 Å². The van der Waals surface area contributed by atoms with Crippen LogP contribution in [0.5, 0.6) is 0 Å². The minimum Gasteiger partial charge on any atom is -0.362 e. The predicted molar refractivity (Wildman–Crippen MR) is 35.8 cm³/mol. The predicted octanol–water partition coefficient (Wildman–Crippen LogP) is 0.233. The van der Waals surface area contributed by atoms with Gasteiger partial charge in [-0.1, -0.05) is 0 Å². The summed E-state index contributed by atoms with van der Waals surface area (Å²) in [6, 6.07) is 0.543. The summed E-state index contributed by atoms with van der Waals surface area (Å²) in [4.78, 5) is 0. The average molecular weight is 196 g/mol. The van der Waals surface area contributed by atoms with Gasteiger partial charge in [0.1, 0.15) is 6.23 Å². The third kappa shape index (κ3) is 3.06. The minimum atomic E-state index is 0. The molecular formula is C6H14N2OZn. The van der Waals surface area contributed by atoms with E-state index in [4.69, 9.17) is 4.74 Å². The van der Waals surface area contributed by atoms with E-state index in [-0.39, 0.29) is 25.7 Å². The largest absolute Gasteiger partial charge is 0.362 e. The van der Waals surface area contributed by atoms with E-state index in [1.165, 1.54) is 0 Å². The monoisotopic (exact) mass is 194 g/mol. The zero-order chi connectivity index (χ0) is 6.69. The van der Waals surface area contributed by atoms with E-state index in [0.717, 1.165) is 13.0 Å². The fourth-order valence-corrected chi connectivity index (χ4v) is 0.985. The van der Waals surface area contributed by atoms with E-state index >= 15 is 0 Å². The van der Waals surface area contributed by atoms with Crippen molar-refractivity contribution in [2.45, 2.75) is 32.5 Å². The molecule has 1 aliphatic heterocycles. The van der Waals surface area contributed by atoms with Crippen LogP contribution in [-0.2, 0) is 24.2 Å². The third-order valence-electron chi connectivity index (χ3n) is 1.43. The minimum absolute atomic E-state index is 0. The first kappa shape index (κ1) is 10.5. The van der Waals surface area contributed by atoms with Gasteiger partial charge in [-0.3, -0.25) is 5.43 Å². The van der Waals surface area contributed by atoms with Gasteiger partial charge in [0, 0.05) is 38.5 Å². The van der Waals surface area contributed by atoms with Crippen LogP contribution < -0.4 is 10.9 Å². The standard InChI is InChI=1S/C6H14N2O.Zn/c1-3-9-6-4-5(2)7-8-6;/h5-8H,3-4H2,1-2H3;. The fourth-order valence-electron chi connectivity index (χ4n) is 0.985. The molecular weight excluding hydrogens is 181 g/mol. The Balaban J connectivity index is 0.000000810. The molecule has 0 saturated carbocycles. The van der Waals surface area contributed by atoms with E-state index in [9.17, 15) is 0 Å². The molecule has 1 aliphatic rings. The molecule has 0 bridgehead atoms. The number of nitrogens with one attached hydrogen (secondary N) is 2. The van der Waals surface area contributed by atoms with Crippen LogP contribution in [0.3, 0.4) is 0 Å². The van der Waals surface area contributed by atoms with Crippen LogP contribution in [0, 0.1) is 0 Å².